The van der Waals surface area contributed by atoms with Crippen molar-refractivity contribution in [2.45, 2.75) is 63.4 Å². The normalized spacial score (nSPS) is 19.9. The number of hydrogen-bond acceptors (Lipinski definition) is 9. The average Bonchev–Trinajstić information content (AvgIpc) is 2.98. The Morgan fingerprint density at radius 2 is 1.62 bits per heavy atom. The fourth-order valence-corrected chi connectivity index (χ4v) is 4.75. The van der Waals surface area contributed by atoms with Gasteiger partial charge in [0.1, 0.15) is 11.5 Å². The third kappa shape index (κ3) is 10.5. The van der Waals surface area contributed by atoms with E-state index in [0.29, 0.717) is 51.6 Å². The average molecular weight is 561 g/mol. The SMILES string of the molecule is CCC(O)CO[C@@H]1CNC[C@H](OCc2ccc(O)c(NCCCOC)c2)[C@H]1c1ccc(OCCCCOC)cc1. The Bertz CT molecular complexity index is 959. The molecular formula is C31H48N2O7. The molecule has 0 aliphatic carbocycles. The van der Waals surface area contributed by atoms with Crippen LogP contribution >= 0.6 is 0 Å². The lowest BCUT2D eigenvalue weighted by atomic mass is 9.85. The van der Waals surface area contributed by atoms with Crippen LogP contribution in [-0.4, -0.2) is 88.8 Å². The fraction of sp³-hybridized carbons (Fsp3) is 0.613. The van der Waals surface area contributed by atoms with E-state index in [1.165, 1.54) is 0 Å². The van der Waals surface area contributed by atoms with Crippen LogP contribution in [0.4, 0.5) is 5.69 Å². The number of rotatable bonds is 19. The zero-order chi connectivity index (χ0) is 28.6. The predicted molar refractivity (Wildman–Crippen MR) is 156 cm³/mol. The summed E-state index contributed by atoms with van der Waals surface area (Å²) >= 11 is 0. The topological polar surface area (TPSA) is 111 Å². The summed E-state index contributed by atoms with van der Waals surface area (Å²) < 4.78 is 28.8. The van der Waals surface area contributed by atoms with Gasteiger partial charge in [0.05, 0.1) is 43.8 Å². The van der Waals surface area contributed by atoms with Gasteiger partial charge in [0.15, 0.2) is 0 Å². The first-order valence-electron chi connectivity index (χ1n) is 14.4. The number of methoxy groups -OCH3 is 2. The van der Waals surface area contributed by atoms with Gasteiger partial charge in [0, 0.05) is 53.0 Å². The Hall–Kier alpha value is -2.40. The molecule has 1 aliphatic heterocycles. The van der Waals surface area contributed by atoms with Gasteiger partial charge in [-0.25, -0.2) is 0 Å². The van der Waals surface area contributed by atoms with E-state index >= 15 is 0 Å². The Morgan fingerprint density at radius 1 is 0.925 bits per heavy atom. The molecule has 9 nitrogen and oxygen atoms in total. The molecule has 2 aromatic rings. The summed E-state index contributed by atoms with van der Waals surface area (Å²) in [5.74, 6) is 1.02. The molecule has 1 heterocycles. The first-order valence-corrected chi connectivity index (χ1v) is 14.4. The second-order valence-corrected chi connectivity index (χ2v) is 10.2. The van der Waals surface area contributed by atoms with Crippen LogP contribution in [0.5, 0.6) is 11.5 Å². The third-order valence-corrected chi connectivity index (χ3v) is 7.11. The van der Waals surface area contributed by atoms with Crippen molar-refractivity contribution in [3.05, 3.63) is 53.6 Å². The van der Waals surface area contributed by atoms with Crippen molar-refractivity contribution >= 4 is 5.69 Å². The Labute approximate surface area is 239 Å². The maximum absolute atomic E-state index is 10.3. The number of hydrogen-bond donors (Lipinski definition) is 4. The van der Waals surface area contributed by atoms with Crippen LogP contribution in [0, 0.1) is 0 Å². The summed E-state index contributed by atoms with van der Waals surface area (Å²) in [5.41, 5.74) is 2.76. The van der Waals surface area contributed by atoms with Gasteiger partial charge in [0.25, 0.3) is 0 Å². The lowest BCUT2D eigenvalue weighted by Gasteiger charge is -2.39. The van der Waals surface area contributed by atoms with Crippen molar-refractivity contribution in [3.63, 3.8) is 0 Å². The summed E-state index contributed by atoms with van der Waals surface area (Å²) in [6.07, 6.45) is 2.60. The molecule has 224 valence electrons. The van der Waals surface area contributed by atoms with Crippen LogP contribution in [0.25, 0.3) is 0 Å². The zero-order valence-electron chi connectivity index (χ0n) is 24.3. The number of benzene rings is 2. The minimum Gasteiger partial charge on any atom is -0.506 e. The fourth-order valence-electron chi connectivity index (χ4n) is 4.75. The monoisotopic (exact) mass is 560 g/mol. The number of piperidine rings is 1. The van der Waals surface area contributed by atoms with E-state index in [4.69, 9.17) is 23.7 Å². The number of aliphatic hydroxyl groups excluding tert-OH is 1. The molecule has 1 fully saturated rings. The minimum atomic E-state index is -0.498. The van der Waals surface area contributed by atoms with Crippen molar-refractivity contribution in [2.75, 3.05) is 65.6 Å². The van der Waals surface area contributed by atoms with E-state index in [2.05, 4.69) is 22.8 Å². The molecular weight excluding hydrogens is 512 g/mol. The van der Waals surface area contributed by atoms with Gasteiger partial charge in [-0.1, -0.05) is 25.1 Å². The molecule has 1 unspecified atom stereocenters. The molecule has 0 amide bonds. The smallest absolute Gasteiger partial charge is 0.138 e. The van der Waals surface area contributed by atoms with Crippen LogP contribution in [0.1, 0.15) is 49.7 Å². The van der Waals surface area contributed by atoms with Crippen molar-refractivity contribution in [1.29, 1.82) is 0 Å². The van der Waals surface area contributed by atoms with Crippen molar-refractivity contribution < 1.29 is 33.9 Å². The standard InChI is InChI=1S/C31H48N2O7/c1-4-25(34)22-40-30-20-32-19-29(31(30)24-9-11-26(12-10-24)38-17-6-5-15-36-2)39-21-23-8-13-28(35)27(18-23)33-14-7-16-37-3/h8-13,18,25,29-35H,4-7,14-17,19-22H2,1-3H3/t25?,29-,30+,31+/m0/s1. The highest BCUT2D eigenvalue weighted by molar-refractivity contribution is 5.57. The molecule has 0 bridgehead atoms. The number of ether oxygens (including phenoxy) is 5. The molecule has 0 aromatic heterocycles. The predicted octanol–water partition coefficient (Wildman–Crippen LogP) is 4.07. The van der Waals surface area contributed by atoms with Gasteiger partial charge >= 0.3 is 0 Å². The maximum atomic E-state index is 10.3. The molecule has 4 N–H and O–H groups in total. The molecule has 4 atom stereocenters. The quantitative estimate of drug-likeness (QED) is 0.149. The summed E-state index contributed by atoms with van der Waals surface area (Å²) in [6, 6.07) is 13.7. The summed E-state index contributed by atoms with van der Waals surface area (Å²) in [4.78, 5) is 0. The van der Waals surface area contributed by atoms with E-state index in [1.807, 2.05) is 31.2 Å². The van der Waals surface area contributed by atoms with Gasteiger partial charge in [-0.2, -0.15) is 0 Å². The molecule has 1 aliphatic rings. The number of aromatic hydroxyl groups is 1. The maximum Gasteiger partial charge on any atom is 0.138 e. The molecule has 0 spiro atoms. The summed E-state index contributed by atoms with van der Waals surface area (Å²) in [5, 5.41) is 27.1. The van der Waals surface area contributed by atoms with Gasteiger partial charge < -0.3 is 44.5 Å². The van der Waals surface area contributed by atoms with E-state index in [9.17, 15) is 10.2 Å². The summed E-state index contributed by atoms with van der Waals surface area (Å²) in [7, 11) is 3.39. The van der Waals surface area contributed by atoms with Crippen LogP contribution < -0.4 is 15.4 Å². The molecule has 3 rings (SSSR count). The molecule has 2 aromatic carbocycles. The van der Waals surface area contributed by atoms with Gasteiger partial charge in [-0.15, -0.1) is 0 Å². The number of unbranched alkanes of at least 4 members (excludes halogenated alkanes) is 1. The van der Waals surface area contributed by atoms with Crippen LogP contribution in [0.2, 0.25) is 0 Å². The number of nitrogens with one attached hydrogen (secondary N) is 2. The summed E-state index contributed by atoms with van der Waals surface area (Å²) in [6.45, 7) is 6.73. The first kappa shape index (κ1) is 32.1. The number of phenols is 1. The molecule has 0 saturated carbocycles. The van der Waals surface area contributed by atoms with Gasteiger partial charge in [0.2, 0.25) is 0 Å². The largest absolute Gasteiger partial charge is 0.506 e. The second-order valence-electron chi connectivity index (χ2n) is 10.2. The van der Waals surface area contributed by atoms with Crippen LogP contribution in [0.15, 0.2) is 42.5 Å². The number of anilines is 1. The molecule has 40 heavy (non-hydrogen) atoms. The van der Waals surface area contributed by atoms with E-state index in [0.717, 1.165) is 42.7 Å². The van der Waals surface area contributed by atoms with E-state index in [-0.39, 0.29) is 30.5 Å². The lowest BCUT2D eigenvalue weighted by molar-refractivity contribution is -0.0777. The van der Waals surface area contributed by atoms with Crippen LogP contribution in [0.3, 0.4) is 0 Å². The van der Waals surface area contributed by atoms with Gasteiger partial charge in [-0.3, -0.25) is 0 Å². The highest BCUT2D eigenvalue weighted by Crippen LogP contribution is 2.33. The van der Waals surface area contributed by atoms with E-state index < -0.39 is 6.10 Å². The second kappa shape index (κ2) is 18.1. The van der Waals surface area contributed by atoms with Crippen molar-refractivity contribution in [2.24, 2.45) is 0 Å². The third-order valence-electron chi connectivity index (χ3n) is 7.11. The molecule has 0 radical (unpaired) electrons. The van der Waals surface area contributed by atoms with Crippen molar-refractivity contribution in [3.8, 4) is 11.5 Å². The lowest BCUT2D eigenvalue weighted by Crippen LogP contribution is -2.51. The van der Waals surface area contributed by atoms with Crippen LogP contribution in [-0.2, 0) is 25.6 Å². The van der Waals surface area contributed by atoms with Crippen molar-refractivity contribution in [1.82, 2.24) is 5.32 Å². The van der Waals surface area contributed by atoms with Gasteiger partial charge in [-0.05, 0) is 61.1 Å². The first-order chi connectivity index (χ1) is 19.5. The minimum absolute atomic E-state index is 0.0233. The highest BCUT2D eigenvalue weighted by atomic mass is 16.5. The zero-order valence-corrected chi connectivity index (χ0v) is 24.3. The van der Waals surface area contributed by atoms with E-state index in [1.54, 1.807) is 20.3 Å². The molecule has 9 heteroatoms. The highest BCUT2D eigenvalue weighted by Gasteiger charge is 2.36. The Kier molecular flexibility index (Phi) is 14.5. The Morgan fingerprint density at radius 3 is 2.35 bits per heavy atom. The Balaban J connectivity index is 1.68. The number of phenolic OH excluding ortho intramolecular Hbond substituents is 1. The number of aliphatic hydroxyl groups is 1. The molecule has 1 saturated heterocycles.